The summed E-state index contributed by atoms with van der Waals surface area (Å²) in [6.45, 7) is 0. The molecule has 0 unspecified atom stereocenters. The first-order chi connectivity index (χ1) is 9.75. The third-order valence-electron chi connectivity index (χ3n) is 3.61. The molecule has 6 heteroatoms. The van der Waals surface area contributed by atoms with Crippen LogP contribution in [0.15, 0.2) is 28.5 Å². The number of halogens is 1. The van der Waals surface area contributed by atoms with Crippen LogP contribution >= 0.6 is 11.5 Å². The molecule has 0 radical (unpaired) electrons. The molecule has 106 valence electrons. The van der Waals surface area contributed by atoms with Gasteiger partial charge in [0.1, 0.15) is 15.7 Å². The van der Waals surface area contributed by atoms with Crippen LogP contribution in [0.25, 0.3) is 11.3 Å². The van der Waals surface area contributed by atoms with Crippen molar-refractivity contribution in [2.75, 3.05) is 0 Å². The summed E-state index contributed by atoms with van der Waals surface area (Å²) in [6, 6.07) is 6.10. The fourth-order valence-corrected chi connectivity index (χ4v) is 5.19. The third-order valence-corrected chi connectivity index (χ3v) is 6.49. The van der Waals surface area contributed by atoms with E-state index >= 15 is 0 Å². The summed E-state index contributed by atoms with van der Waals surface area (Å²) in [7, 11) is -1.06. The number of hydrogen-bond acceptors (Lipinski definition) is 4. The normalized spacial score (nSPS) is 18.1. The summed E-state index contributed by atoms with van der Waals surface area (Å²) in [6.07, 6.45) is 5.54. The highest BCUT2D eigenvalue weighted by Crippen LogP contribution is 2.32. The summed E-state index contributed by atoms with van der Waals surface area (Å²) in [5.41, 5.74) is 1.42. The Morgan fingerprint density at radius 2 is 1.85 bits per heavy atom. The van der Waals surface area contributed by atoms with Gasteiger partial charge in [-0.05, 0) is 48.6 Å². The predicted octanol–water partition coefficient (Wildman–Crippen LogP) is 3.78. The summed E-state index contributed by atoms with van der Waals surface area (Å²) < 4.78 is 30.3. The lowest BCUT2D eigenvalue weighted by Crippen LogP contribution is -2.18. The van der Waals surface area contributed by atoms with E-state index in [9.17, 15) is 8.60 Å². The molecule has 0 aliphatic heterocycles. The summed E-state index contributed by atoms with van der Waals surface area (Å²) in [5.74, 6) is -0.285. The Labute approximate surface area is 123 Å². The fraction of sp³-hybridized carbons (Fsp3) is 0.429. The van der Waals surface area contributed by atoms with E-state index in [1.165, 1.54) is 30.1 Å². The molecule has 1 fully saturated rings. The van der Waals surface area contributed by atoms with E-state index in [1.54, 1.807) is 12.1 Å². The van der Waals surface area contributed by atoms with Gasteiger partial charge in [0.25, 0.3) is 0 Å². The minimum Gasteiger partial charge on any atom is -0.253 e. The van der Waals surface area contributed by atoms with Crippen molar-refractivity contribution in [2.24, 2.45) is 0 Å². The Balaban J connectivity index is 1.89. The van der Waals surface area contributed by atoms with E-state index in [2.05, 4.69) is 9.59 Å². The molecule has 0 bridgehead atoms. The van der Waals surface area contributed by atoms with Gasteiger partial charge in [-0.1, -0.05) is 23.8 Å². The maximum Gasteiger partial charge on any atom is 0.140 e. The average Bonchev–Trinajstić information content (AvgIpc) is 2.97. The molecule has 1 atom stereocenters. The first-order valence-corrected chi connectivity index (χ1v) is 8.73. The van der Waals surface area contributed by atoms with Gasteiger partial charge in [0.2, 0.25) is 0 Å². The van der Waals surface area contributed by atoms with Crippen molar-refractivity contribution in [3.05, 3.63) is 30.1 Å². The van der Waals surface area contributed by atoms with Gasteiger partial charge in [-0.15, -0.1) is 5.10 Å². The number of nitrogens with zero attached hydrogens (tertiary/aromatic N) is 2. The van der Waals surface area contributed by atoms with Crippen molar-refractivity contribution in [3.63, 3.8) is 0 Å². The maximum absolute atomic E-state index is 13.0. The minimum atomic E-state index is -1.06. The molecular weight excluding hydrogens is 295 g/mol. The molecular formula is C14H15FN2OS2. The molecule has 0 N–H and O–H groups in total. The molecule has 0 saturated heterocycles. The van der Waals surface area contributed by atoms with E-state index in [0.717, 1.165) is 35.5 Å². The molecule has 2 aromatic rings. The van der Waals surface area contributed by atoms with Crippen molar-refractivity contribution in [1.29, 1.82) is 0 Å². The monoisotopic (exact) mass is 310 g/mol. The van der Waals surface area contributed by atoms with E-state index in [4.69, 9.17) is 0 Å². The Morgan fingerprint density at radius 3 is 2.55 bits per heavy atom. The summed E-state index contributed by atoms with van der Waals surface area (Å²) >= 11 is 1.20. The standard InChI is InChI=1S/C14H15FN2OS2/c15-11-8-6-10(7-9-11)13-14(19-17-16-13)20(18)12-4-2-1-3-5-12/h6-9,12H,1-5H2/t20-/m0/s1. The lowest BCUT2D eigenvalue weighted by Gasteiger charge is -2.20. The Kier molecular flexibility index (Phi) is 4.21. The SMILES string of the molecule is O=[S@](c1snnc1-c1ccc(F)cc1)C1CCCCC1. The zero-order chi connectivity index (χ0) is 13.9. The lowest BCUT2D eigenvalue weighted by molar-refractivity contribution is 0.505. The first kappa shape index (κ1) is 13.8. The van der Waals surface area contributed by atoms with Crippen molar-refractivity contribution in [2.45, 2.75) is 41.6 Å². The second-order valence-corrected chi connectivity index (χ2v) is 7.66. The maximum atomic E-state index is 13.0. The van der Waals surface area contributed by atoms with Crippen molar-refractivity contribution in [3.8, 4) is 11.3 Å². The van der Waals surface area contributed by atoms with Gasteiger partial charge in [0.05, 0.1) is 10.8 Å². The molecule has 1 heterocycles. The van der Waals surface area contributed by atoms with E-state index in [-0.39, 0.29) is 11.1 Å². The van der Waals surface area contributed by atoms with Crippen LogP contribution in [-0.2, 0) is 10.8 Å². The quantitative estimate of drug-likeness (QED) is 0.866. The van der Waals surface area contributed by atoms with Gasteiger partial charge in [0.15, 0.2) is 0 Å². The summed E-state index contributed by atoms with van der Waals surface area (Å²) in [4.78, 5) is 0. The average molecular weight is 310 g/mol. The van der Waals surface area contributed by atoms with E-state index in [0.29, 0.717) is 5.69 Å². The zero-order valence-electron chi connectivity index (χ0n) is 10.9. The molecule has 0 spiro atoms. The smallest absolute Gasteiger partial charge is 0.140 e. The molecule has 3 nitrogen and oxygen atoms in total. The number of aromatic nitrogens is 2. The van der Waals surface area contributed by atoms with Crippen molar-refractivity contribution in [1.82, 2.24) is 9.59 Å². The largest absolute Gasteiger partial charge is 0.253 e. The highest BCUT2D eigenvalue weighted by atomic mass is 32.2. The molecule has 20 heavy (non-hydrogen) atoms. The van der Waals surface area contributed by atoms with Crippen LogP contribution in [0.4, 0.5) is 4.39 Å². The van der Waals surface area contributed by atoms with Gasteiger partial charge < -0.3 is 0 Å². The highest BCUT2D eigenvalue weighted by Gasteiger charge is 2.25. The number of benzene rings is 1. The van der Waals surface area contributed by atoms with Gasteiger partial charge in [-0.2, -0.15) is 0 Å². The molecule has 1 aliphatic carbocycles. The van der Waals surface area contributed by atoms with Crippen LogP contribution in [0, 0.1) is 5.82 Å². The van der Waals surface area contributed by atoms with Gasteiger partial charge in [-0.3, -0.25) is 4.21 Å². The number of hydrogen-bond donors (Lipinski definition) is 0. The molecule has 3 rings (SSSR count). The van der Waals surface area contributed by atoms with Crippen LogP contribution in [-0.4, -0.2) is 19.0 Å². The van der Waals surface area contributed by atoms with Gasteiger partial charge in [-0.25, -0.2) is 4.39 Å². The van der Waals surface area contributed by atoms with Crippen molar-refractivity contribution < 1.29 is 8.60 Å². The van der Waals surface area contributed by atoms with Gasteiger partial charge in [0, 0.05) is 10.8 Å². The zero-order valence-corrected chi connectivity index (χ0v) is 12.6. The highest BCUT2D eigenvalue weighted by molar-refractivity contribution is 7.88. The molecule has 1 aromatic heterocycles. The molecule has 1 aliphatic rings. The fourth-order valence-electron chi connectivity index (χ4n) is 2.53. The summed E-state index contributed by atoms with van der Waals surface area (Å²) in [5, 5.41) is 4.30. The van der Waals surface area contributed by atoms with Crippen LogP contribution in [0.1, 0.15) is 32.1 Å². The van der Waals surface area contributed by atoms with Crippen LogP contribution in [0.2, 0.25) is 0 Å². The van der Waals surface area contributed by atoms with E-state index in [1.807, 2.05) is 0 Å². The van der Waals surface area contributed by atoms with Crippen LogP contribution in [0.5, 0.6) is 0 Å². The number of rotatable bonds is 3. The molecule has 0 amide bonds. The Hall–Kier alpha value is -1.14. The lowest BCUT2D eigenvalue weighted by atomic mass is 10.0. The minimum absolute atomic E-state index is 0.213. The Bertz CT molecular complexity index is 606. The predicted molar refractivity (Wildman–Crippen MR) is 78.6 cm³/mol. The second kappa shape index (κ2) is 6.10. The van der Waals surface area contributed by atoms with E-state index < -0.39 is 10.8 Å². The molecule has 1 saturated carbocycles. The first-order valence-electron chi connectivity index (χ1n) is 6.74. The third kappa shape index (κ3) is 2.81. The van der Waals surface area contributed by atoms with Gasteiger partial charge >= 0.3 is 0 Å². The van der Waals surface area contributed by atoms with Crippen LogP contribution < -0.4 is 0 Å². The second-order valence-electron chi connectivity index (χ2n) is 4.97. The molecule has 1 aromatic carbocycles. The Morgan fingerprint density at radius 1 is 1.15 bits per heavy atom. The van der Waals surface area contributed by atoms with Crippen LogP contribution in [0.3, 0.4) is 0 Å². The topological polar surface area (TPSA) is 42.9 Å². The van der Waals surface area contributed by atoms with Crippen molar-refractivity contribution >= 4 is 22.3 Å².